The van der Waals surface area contributed by atoms with E-state index in [-0.39, 0.29) is 6.71 Å². The zero-order valence-electron chi connectivity index (χ0n) is 26.3. The zero-order valence-corrected chi connectivity index (χ0v) is 26.3. The van der Waals surface area contributed by atoms with Gasteiger partial charge in [-0.1, -0.05) is 145 Å². The van der Waals surface area contributed by atoms with Crippen molar-refractivity contribution in [1.29, 1.82) is 0 Å². The predicted molar refractivity (Wildman–Crippen MR) is 204 cm³/mol. The van der Waals surface area contributed by atoms with Gasteiger partial charge in [-0.2, -0.15) is 0 Å². The third kappa shape index (κ3) is 3.21. The van der Waals surface area contributed by atoms with Gasteiger partial charge in [0.15, 0.2) is 5.58 Å². The van der Waals surface area contributed by atoms with Crippen LogP contribution < -0.4 is 16.4 Å². The van der Waals surface area contributed by atoms with Crippen molar-refractivity contribution in [3.63, 3.8) is 0 Å². The van der Waals surface area contributed by atoms with Gasteiger partial charge in [0.1, 0.15) is 16.9 Å². The van der Waals surface area contributed by atoms with E-state index < -0.39 is 0 Å². The maximum atomic E-state index is 6.66. The first-order valence-corrected chi connectivity index (χ1v) is 16.9. The van der Waals surface area contributed by atoms with E-state index >= 15 is 0 Å². The molecule has 0 N–H and O–H groups in total. The zero-order chi connectivity index (χ0) is 31.8. The van der Waals surface area contributed by atoms with Gasteiger partial charge < -0.3 is 4.42 Å². The Labute approximate surface area is 281 Å². The second kappa shape index (κ2) is 9.15. The number of rotatable bonds is 2. The number of fused-ring (bicyclic) bond motifs is 14. The van der Waals surface area contributed by atoms with Gasteiger partial charge in [-0.05, 0) is 66.9 Å². The second-order valence-electron chi connectivity index (χ2n) is 13.4. The summed E-state index contributed by atoms with van der Waals surface area (Å²) in [4.78, 5) is 5.50. The van der Waals surface area contributed by atoms with E-state index in [1.54, 1.807) is 0 Å². The first-order valence-electron chi connectivity index (χ1n) is 16.9. The fraction of sp³-hybridized carbons (Fsp3) is 0. The molecule has 0 spiro atoms. The molecule has 0 radical (unpaired) electrons. The van der Waals surface area contributed by atoms with E-state index in [2.05, 4.69) is 150 Å². The van der Waals surface area contributed by atoms with Crippen molar-refractivity contribution in [3.8, 4) is 39.3 Å². The largest absolute Gasteiger partial charge is 0.454 e. The molecule has 2 aromatic heterocycles. The summed E-state index contributed by atoms with van der Waals surface area (Å²) in [6, 6.07) is 55.0. The van der Waals surface area contributed by atoms with Gasteiger partial charge in [-0.3, -0.25) is 4.57 Å². The number of para-hydroxylation sites is 1. The van der Waals surface area contributed by atoms with Crippen molar-refractivity contribution >= 4 is 77.6 Å². The van der Waals surface area contributed by atoms with Crippen LogP contribution >= 0.6 is 0 Å². The molecule has 8 aromatic carbocycles. The Morgan fingerprint density at radius 1 is 0.510 bits per heavy atom. The lowest BCUT2D eigenvalue weighted by atomic mass is 9.37. The molecular weight excluding hydrogens is 595 g/mol. The van der Waals surface area contributed by atoms with E-state index in [1.165, 1.54) is 65.9 Å². The molecule has 0 bridgehead atoms. The van der Waals surface area contributed by atoms with Gasteiger partial charge in [-0.15, -0.1) is 0 Å². The third-order valence-corrected chi connectivity index (χ3v) is 11.0. The summed E-state index contributed by atoms with van der Waals surface area (Å²) < 4.78 is 9.08. The molecule has 0 saturated heterocycles. The summed E-state index contributed by atoms with van der Waals surface area (Å²) in [5.41, 5.74) is 15.2. The summed E-state index contributed by atoms with van der Waals surface area (Å²) in [7, 11) is 0. The lowest BCUT2D eigenvalue weighted by Gasteiger charge is -2.25. The van der Waals surface area contributed by atoms with Crippen LogP contribution in [0.25, 0.3) is 93.8 Å². The summed E-state index contributed by atoms with van der Waals surface area (Å²) in [6.07, 6.45) is 0. The maximum absolute atomic E-state index is 6.66. The Hall–Kier alpha value is -6.39. The normalized spacial score (nSPS) is 12.9. The molecule has 3 nitrogen and oxygen atoms in total. The second-order valence-corrected chi connectivity index (χ2v) is 13.4. The number of furan rings is 1. The molecule has 224 valence electrons. The lowest BCUT2D eigenvalue weighted by molar-refractivity contribution is 0.672. The molecule has 10 aromatic rings. The minimum absolute atomic E-state index is 0.0637. The summed E-state index contributed by atoms with van der Waals surface area (Å²) in [5.74, 6) is 0.932. The number of benzene rings is 8. The van der Waals surface area contributed by atoms with Crippen LogP contribution in [-0.2, 0) is 0 Å². The van der Waals surface area contributed by atoms with Crippen molar-refractivity contribution < 1.29 is 4.42 Å². The molecule has 2 aliphatic heterocycles. The first-order chi connectivity index (χ1) is 24.3. The fourth-order valence-electron chi connectivity index (χ4n) is 9.03. The molecular formula is C45H25BN2O. The first kappa shape index (κ1) is 25.7. The minimum Gasteiger partial charge on any atom is -0.454 e. The van der Waals surface area contributed by atoms with Crippen LogP contribution in [0.15, 0.2) is 156 Å². The van der Waals surface area contributed by atoms with Crippen LogP contribution in [-0.4, -0.2) is 16.3 Å². The van der Waals surface area contributed by atoms with E-state index in [9.17, 15) is 0 Å². The van der Waals surface area contributed by atoms with Crippen LogP contribution in [0.4, 0.5) is 0 Å². The Balaban J connectivity index is 1.24. The molecule has 0 saturated carbocycles. The van der Waals surface area contributed by atoms with Crippen LogP contribution in [0.2, 0.25) is 0 Å². The van der Waals surface area contributed by atoms with E-state index in [0.717, 1.165) is 44.4 Å². The molecule has 0 fully saturated rings. The Bertz CT molecular complexity index is 3040. The van der Waals surface area contributed by atoms with Crippen molar-refractivity contribution in [2.75, 3.05) is 0 Å². The molecule has 4 heteroatoms. The minimum atomic E-state index is 0.0637. The number of hydrogen-bond acceptors (Lipinski definition) is 2. The molecule has 4 heterocycles. The molecule has 0 atom stereocenters. The standard InChI is InChI=1S/C45H25BN2O/c1-2-11-26(12-3-1)27-21-23-28(24-22-27)45-47-42-43-36(25-35-31-15-8-9-20-38(31)49-44(35)42)46-40-34(18-10-19-37(40)48(43)45)39-32-16-6-4-13-29(32)30-14-5-7-17-33(30)41(39)46/h1-25H. The highest BCUT2D eigenvalue weighted by Crippen LogP contribution is 2.43. The average molecular weight is 621 g/mol. The Kier molecular flexibility index (Phi) is 4.79. The third-order valence-electron chi connectivity index (χ3n) is 11.0. The highest BCUT2D eigenvalue weighted by molar-refractivity contribution is 7.03. The molecule has 12 rings (SSSR count). The Morgan fingerprint density at radius 3 is 1.98 bits per heavy atom. The maximum Gasteiger partial charge on any atom is 0.249 e. The lowest BCUT2D eigenvalue weighted by Crippen LogP contribution is -2.53. The van der Waals surface area contributed by atoms with Gasteiger partial charge >= 0.3 is 0 Å². The SMILES string of the molecule is c1ccc(-c2ccc(-c3nc4c5oc6ccccc6c5cc5c4n3-c3cccc4c3B5c3c-4c4ccccc4c4ccccc34)cc2)cc1. The fourth-order valence-corrected chi connectivity index (χ4v) is 9.03. The molecule has 2 aliphatic rings. The van der Waals surface area contributed by atoms with Crippen LogP contribution in [0.3, 0.4) is 0 Å². The predicted octanol–water partition coefficient (Wildman–Crippen LogP) is 9.38. The van der Waals surface area contributed by atoms with Gasteiger partial charge in [0.2, 0.25) is 6.71 Å². The molecule has 0 unspecified atom stereocenters. The van der Waals surface area contributed by atoms with Crippen LogP contribution in [0, 0.1) is 0 Å². The van der Waals surface area contributed by atoms with Gasteiger partial charge in [0.25, 0.3) is 0 Å². The number of hydrogen-bond donors (Lipinski definition) is 0. The smallest absolute Gasteiger partial charge is 0.249 e. The van der Waals surface area contributed by atoms with Gasteiger partial charge in [0.05, 0.1) is 5.52 Å². The Morgan fingerprint density at radius 2 is 1.16 bits per heavy atom. The molecule has 0 amide bonds. The van der Waals surface area contributed by atoms with E-state index in [1.807, 2.05) is 6.07 Å². The van der Waals surface area contributed by atoms with Crippen LogP contribution in [0.1, 0.15) is 0 Å². The van der Waals surface area contributed by atoms with Crippen LogP contribution in [0.5, 0.6) is 0 Å². The van der Waals surface area contributed by atoms with E-state index in [0.29, 0.717) is 0 Å². The summed E-state index contributed by atoms with van der Waals surface area (Å²) in [5, 5.41) is 7.47. The summed E-state index contributed by atoms with van der Waals surface area (Å²) >= 11 is 0. The summed E-state index contributed by atoms with van der Waals surface area (Å²) in [6.45, 7) is 0.0637. The number of imidazole rings is 1. The van der Waals surface area contributed by atoms with Crippen molar-refractivity contribution in [2.45, 2.75) is 0 Å². The monoisotopic (exact) mass is 620 g/mol. The van der Waals surface area contributed by atoms with Crippen molar-refractivity contribution in [3.05, 3.63) is 152 Å². The van der Waals surface area contributed by atoms with Crippen molar-refractivity contribution in [2.24, 2.45) is 0 Å². The highest BCUT2D eigenvalue weighted by atomic mass is 16.3. The number of nitrogens with zero attached hydrogens (tertiary/aromatic N) is 2. The quantitative estimate of drug-likeness (QED) is 0.142. The van der Waals surface area contributed by atoms with Gasteiger partial charge in [0, 0.05) is 22.0 Å². The number of aromatic nitrogens is 2. The topological polar surface area (TPSA) is 31.0 Å². The van der Waals surface area contributed by atoms with Crippen molar-refractivity contribution in [1.82, 2.24) is 9.55 Å². The average Bonchev–Trinajstić information content (AvgIpc) is 3.86. The highest BCUT2D eigenvalue weighted by Gasteiger charge is 2.44. The molecule has 0 aliphatic carbocycles. The molecule has 49 heavy (non-hydrogen) atoms. The van der Waals surface area contributed by atoms with Gasteiger partial charge in [-0.25, -0.2) is 4.98 Å². The van der Waals surface area contributed by atoms with E-state index in [4.69, 9.17) is 9.40 Å².